The van der Waals surface area contributed by atoms with E-state index in [9.17, 15) is 22.8 Å². The summed E-state index contributed by atoms with van der Waals surface area (Å²) in [6.45, 7) is 1.32. The molecular formula is C19H18N4O5S. The van der Waals surface area contributed by atoms with Gasteiger partial charge in [0.05, 0.1) is 27.4 Å². The number of urea groups is 1. The average molecular weight is 414 g/mol. The number of carbonyl (C=O) groups excluding carboxylic acids is 3. The first-order valence-corrected chi connectivity index (χ1v) is 10.5. The fraction of sp³-hybridized carbons (Fsp3) is 0.211. The highest BCUT2D eigenvalue weighted by molar-refractivity contribution is 7.92. The van der Waals surface area contributed by atoms with Crippen molar-refractivity contribution in [3.63, 3.8) is 0 Å². The lowest BCUT2D eigenvalue weighted by molar-refractivity contribution is 0.0879. The molecule has 0 radical (unpaired) electrons. The van der Waals surface area contributed by atoms with Crippen LogP contribution in [0.25, 0.3) is 0 Å². The number of likely N-dealkylation sites (tertiary alicyclic amines) is 1. The number of hydrogen-bond acceptors (Lipinski definition) is 5. The zero-order valence-electron chi connectivity index (χ0n) is 15.3. The summed E-state index contributed by atoms with van der Waals surface area (Å²) in [5.41, 5.74) is 0.656. The van der Waals surface area contributed by atoms with Crippen LogP contribution in [0.3, 0.4) is 0 Å². The van der Waals surface area contributed by atoms with E-state index in [2.05, 4.69) is 15.4 Å². The topological polar surface area (TPSA) is 125 Å². The zero-order chi connectivity index (χ0) is 20.6. The molecule has 2 aromatic carbocycles. The highest BCUT2D eigenvalue weighted by atomic mass is 32.2. The molecule has 0 atom stereocenters. The number of hydrogen-bond donors (Lipinski definition) is 3. The third-order valence-electron chi connectivity index (χ3n) is 4.82. The fourth-order valence-electron chi connectivity index (χ4n) is 3.31. The minimum absolute atomic E-state index is 0.00787. The third kappa shape index (κ3) is 3.66. The van der Waals surface area contributed by atoms with Crippen molar-refractivity contribution in [2.75, 3.05) is 23.1 Å². The number of nitrogens with zero attached hydrogens (tertiary/aromatic N) is 1. The van der Waals surface area contributed by atoms with Crippen LogP contribution in [0.4, 0.5) is 16.2 Å². The SMILES string of the molecule is O=C1NC(=O)c2cc(S(=O)(=O)Nc3ccccc3NC(=O)N3CCCC3)ccc21. The van der Waals surface area contributed by atoms with E-state index in [1.165, 1.54) is 18.2 Å². The van der Waals surface area contributed by atoms with E-state index in [4.69, 9.17) is 0 Å². The van der Waals surface area contributed by atoms with E-state index in [-0.39, 0.29) is 27.7 Å². The average Bonchev–Trinajstić information content (AvgIpc) is 3.32. The van der Waals surface area contributed by atoms with Crippen LogP contribution >= 0.6 is 0 Å². The lowest BCUT2D eigenvalue weighted by atomic mass is 10.1. The summed E-state index contributed by atoms with van der Waals surface area (Å²) in [5, 5.41) is 4.86. The van der Waals surface area contributed by atoms with E-state index in [0.29, 0.717) is 18.8 Å². The van der Waals surface area contributed by atoms with E-state index in [0.717, 1.165) is 18.9 Å². The standard InChI is InChI=1S/C19H18N4O5S/c24-17-13-8-7-12(11-14(13)18(25)21-17)29(27,28)22-16-6-2-1-5-15(16)20-19(26)23-9-3-4-10-23/h1-2,5-8,11,22H,3-4,9-10H2,(H,20,26)(H,21,24,25). The molecular weight excluding hydrogens is 396 g/mol. The molecule has 0 aromatic heterocycles. The monoisotopic (exact) mass is 414 g/mol. The minimum Gasteiger partial charge on any atom is -0.325 e. The van der Waals surface area contributed by atoms with Gasteiger partial charge < -0.3 is 10.2 Å². The molecule has 0 unspecified atom stereocenters. The number of carbonyl (C=O) groups is 3. The molecule has 4 rings (SSSR count). The summed E-state index contributed by atoms with van der Waals surface area (Å²) >= 11 is 0. The molecule has 1 fully saturated rings. The molecule has 4 amide bonds. The number of rotatable bonds is 4. The van der Waals surface area contributed by atoms with Crippen LogP contribution in [0.2, 0.25) is 0 Å². The maximum absolute atomic E-state index is 12.8. The lowest BCUT2D eigenvalue weighted by Crippen LogP contribution is -2.32. The Balaban J connectivity index is 1.59. The van der Waals surface area contributed by atoms with Crippen molar-refractivity contribution in [3.8, 4) is 0 Å². The predicted octanol–water partition coefficient (Wildman–Crippen LogP) is 2.00. The normalized spacial score (nSPS) is 15.8. The number of para-hydroxylation sites is 2. The second kappa shape index (κ2) is 7.21. The summed E-state index contributed by atoms with van der Waals surface area (Å²) in [6.07, 6.45) is 1.88. The van der Waals surface area contributed by atoms with Crippen molar-refractivity contribution in [3.05, 3.63) is 53.6 Å². The molecule has 0 bridgehead atoms. The molecule has 2 aliphatic rings. The van der Waals surface area contributed by atoms with Gasteiger partial charge in [0.2, 0.25) is 0 Å². The van der Waals surface area contributed by atoms with Crippen LogP contribution in [0, 0.1) is 0 Å². The summed E-state index contributed by atoms with van der Waals surface area (Å²) in [4.78, 5) is 37.3. The molecule has 0 spiro atoms. The first-order chi connectivity index (χ1) is 13.8. The smallest absolute Gasteiger partial charge is 0.321 e. The molecule has 2 aliphatic heterocycles. The number of benzene rings is 2. The number of fused-ring (bicyclic) bond motifs is 1. The first kappa shape index (κ1) is 18.9. The van der Waals surface area contributed by atoms with Gasteiger partial charge in [-0.05, 0) is 43.2 Å². The van der Waals surface area contributed by atoms with Gasteiger partial charge in [0, 0.05) is 13.1 Å². The van der Waals surface area contributed by atoms with Gasteiger partial charge in [-0.15, -0.1) is 0 Å². The van der Waals surface area contributed by atoms with Crippen molar-refractivity contribution in [1.82, 2.24) is 10.2 Å². The van der Waals surface area contributed by atoms with Gasteiger partial charge in [-0.1, -0.05) is 12.1 Å². The zero-order valence-corrected chi connectivity index (χ0v) is 16.1. The van der Waals surface area contributed by atoms with Gasteiger partial charge in [0.1, 0.15) is 0 Å². The molecule has 0 aliphatic carbocycles. The molecule has 1 saturated heterocycles. The maximum Gasteiger partial charge on any atom is 0.321 e. The number of sulfonamides is 1. The first-order valence-electron chi connectivity index (χ1n) is 9.03. The third-order valence-corrected chi connectivity index (χ3v) is 6.19. The van der Waals surface area contributed by atoms with E-state index < -0.39 is 21.8 Å². The van der Waals surface area contributed by atoms with Crippen LogP contribution < -0.4 is 15.4 Å². The molecule has 29 heavy (non-hydrogen) atoms. The van der Waals surface area contributed by atoms with Crippen LogP contribution in [-0.4, -0.2) is 44.3 Å². The predicted molar refractivity (Wildman–Crippen MR) is 105 cm³/mol. The Bertz CT molecular complexity index is 1120. The van der Waals surface area contributed by atoms with Gasteiger partial charge >= 0.3 is 6.03 Å². The van der Waals surface area contributed by atoms with Crippen molar-refractivity contribution in [2.24, 2.45) is 0 Å². The van der Waals surface area contributed by atoms with Crippen molar-refractivity contribution in [2.45, 2.75) is 17.7 Å². The van der Waals surface area contributed by atoms with Crippen LogP contribution in [0.15, 0.2) is 47.4 Å². The van der Waals surface area contributed by atoms with E-state index >= 15 is 0 Å². The van der Waals surface area contributed by atoms with Gasteiger partial charge in [-0.2, -0.15) is 0 Å². The Morgan fingerprint density at radius 2 is 1.59 bits per heavy atom. The fourth-order valence-corrected chi connectivity index (χ4v) is 4.42. The van der Waals surface area contributed by atoms with Crippen LogP contribution in [-0.2, 0) is 10.0 Å². The van der Waals surface area contributed by atoms with Gasteiger partial charge in [0.15, 0.2) is 0 Å². The molecule has 3 N–H and O–H groups in total. The van der Waals surface area contributed by atoms with Gasteiger partial charge in [0.25, 0.3) is 21.8 Å². The Kier molecular flexibility index (Phi) is 4.71. The highest BCUT2D eigenvalue weighted by Crippen LogP contribution is 2.27. The largest absolute Gasteiger partial charge is 0.325 e. The molecule has 10 heteroatoms. The summed E-state index contributed by atoms with van der Waals surface area (Å²) in [7, 11) is -4.06. The Hall–Kier alpha value is -3.40. The van der Waals surface area contributed by atoms with E-state index in [1.54, 1.807) is 23.1 Å². The molecule has 0 saturated carbocycles. The summed E-state index contributed by atoms with van der Waals surface area (Å²) in [5.74, 6) is -1.20. The number of imide groups is 1. The molecule has 2 aromatic rings. The van der Waals surface area contributed by atoms with Crippen molar-refractivity contribution < 1.29 is 22.8 Å². The summed E-state index contributed by atoms with van der Waals surface area (Å²) in [6, 6.07) is 9.86. The maximum atomic E-state index is 12.8. The highest BCUT2D eigenvalue weighted by Gasteiger charge is 2.29. The van der Waals surface area contributed by atoms with Crippen LogP contribution in [0.5, 0.6) is 0 Å². The molecule has 9 nitrogen and oxygen atoms in total. The Labute approximate surface area is 167 Å². The van der Waals surface area contributed by atoms with Crippen molar-refractivity contribution >= 4 is 39.2 Å². The second-order valence-electron chi connectivity index (χ2n) is 6.77. The van der Waals surface area contributed by atoms with Gasteiger partial charge in [-0.3, -0.25) is 19.6 Å². The number of anilines is 2. The van der Waals surface area contributed by atoms with E-state index in [1.807, 2.05) is 0 Å². The van der Waals surface area contributed by atoms with Crippen molar-refractivity contribution in [1.29, 1.82) is 0 Å². The molecule has 2 heterocycles. The minimum atomic E-state index is -4.06. The second-order valence-corrected chi connectivity index (χ2v) is 8.45. The number of nitrogens with one attached hydrogen (secondary N) is 3. The van der Waals surface area contributed by atoms with Crippen LogP contribution in [0.1, 0.15) is 33.6 Å². The van der Waals surface area contributed by atoms with Gasteiger partial charge in [-0.25, -0.2) is 13.2 Å². The Morgan fingerprint density at radius 3 is 2.31 bits per heavy atom. The summed E-state index contributed by atoms with van der Waals surface area (Å²) < 4.78 is 28.1. The Morgan fingerprint density at radius 1 is 0.931 bits per heavy atom. The quantitative estimate of drug-likeness (QED) is 0.660. The lowest BCUT2D eigenvalue weighted by Gasteiger charge is -2.18. The number of amides is 4. The molecule has 150 valence electrons.